The molecule has 6 nitrogen and oxygen atoms in total. The molecule has 124 valence electrons. The summed E-state index contributed by atoms with van der Waals surface area (Å²) in [5.41, 5.74) is 0.890. The van der Waals surface area contributed by atoms with Crippen LogP contribution in [0.2, 0.25) is 0 Å². The van der Waals surface area contributed by atoms with Crippen molar-refractivity contribution in [2.24, 2.45) is 0 Å². The van der Waals surface area contributed by atoms with Crippen LogP contribution in [-0.2, 0) is 4.74 Å². The Kier molecular flexibility index (Phi) is 3.87. The summed E-state index contributed by atoms with van der Waals surface area (Å²) in [6.45, 7) is 10.9. The van der Waals surface area contributed by atoms with Crippen molar-refractivity contribution in [1.29, 1.82) is 0 Å². The third-order valence-corrected chi connectivity index (χ3v) is 3.52. The fourth-order valence-corrected chi connectivity index (χ4v) is 2.28. The molecule has 0 aliphatic heterocycles. The second-order valence-corrected chi connectivity index (χ2v) is 6.54. The SMILES string of the molecule is C=[N+](C(=O)OC([CH2+])(C)C)c1cn(-c2cncc(F)c2)nc1C1CC1. The number of amides is 1. The number of aromatic nitrogens is 3. The molecule has 0 radical (unpaired) electrons. The molecule has 0 atom stereocenters. The molecular weight excluding hydrogens is 311 g/mol. The van der Waals surface area contributed by atoms with E-state index in [0.29, 0.717) is 11.4 Å². The number of pyridine rings is 1. The number of carbonyl (C=O) groups excluding carboxylic acids is 1. The van der Waals surface area contributed by atoms with E-state index in [-0.39, 0.29) is 5.92 Å². The maximum absolute atomic E-state index is 13.4. The molecule has 1 aliphatic carbocycles. The molecule has 0 unspecified atom stereocenters. The van der Waals surface area contributed by atoms with Gasteiger partial charge in [-0.15, -0.1) is 0 Å². The second-order valence-electron chi connectivity index (χ2n) is 6.54. The van der Waals surface area contributed by atoms with Crippen molar-refractivity contribution in [2.75, 3.05) is 0 Å². The Hall–Kier alpha value is -2.70. The van der Waals surface area contributed by atoms with E-state index in [4.69, 9.17) is 4.74 Å². The average molecular weight is 330 g/mol. The van der Waals surface area contributed by atoms with Crippen LogP contribution in [0.4, 0.5) is 14.9 Å². The Morgan fingerprint density at radius 3 is 2.79 bits per heavy atom. The number of carbonyl (C=O) groups is 1. The van der Waals surface area contributed by atoms with Crippen LogP contribution in [0.1, 0.15) is 38.3 Å². The van der Waals surface area contributed by atoms with Crippen molar-refractivity contribution in [2.45, 2.75) is 38.2 Å². The lowest BCUT2D eigenvalue weighted by Gasteiger charge is -2.09. The summed E-state index contributed by atoms with van der Waals surface area (Å²) in [6, 6.07) is 1.32. The van der Waals surface area contributed by atoms with E-state index in [2.05, 4.69) is 23.7 Å². The van der Waals surface area contributed by atoms with E-state index in [1.54, 1.807) is 20.0 Å². The molecule has 2 aromatic rings. The lowest BCUT2D eigenvalue weighted by atomic mass is 10.2. The Balaban J connectivity index is 1.95. The predicted molar refractivity (Wildman–Crippen MR) is 86.3 cm³/mol. The van der Waals surface area contributed by atoms with Gasteiger partial charge in [-0.2, -0.15) is 9.89 Å². The Labute approximate surface area is 139 Å². The summed E-state index contributed by atoms with van der Waals surface area (Å²) in [5, 5.41) is 4.49. The van der Waals surface area contributed by atoms with E-state index in [1.807, 2.05) is 0 Å². The smallest absolute Gasteiger partial charge is 0.365 e. The van der Waals surface area contributed by atoms with Crippen molar-refractivity contribution >= 4 is 18.5 Å². The van der Waals surface area contributed by atoms with Crippen LogP contribution < -0.4 is 0 Å². The van der Waals surface area contributed by atoms with Gasteiger partial charge < -0.3 is 4.74 Å². The maximum atomic E-state index is 13.4. The first-order valence-corrected chi connectivity index (χ1v) is 7.64. The van der Waals surface area contributed by atoms with Crippen molar-refractivity contribution in [1.82, 2.24) is 14.8 Å². The lowest BCUT2D eigenvalue weighted by molar-refractivity contribution is -0.354. The van der Waals surface area contributed by atoms with Crippen LogP contribution in [0.15, 0.2) is 24.7 Å². The highest BCUT2D eigenvalue weighted by Gasteiger charge is 2.38. The van der Waals surface area contributed by atoms with Crippen LogP contribution in [0.3, 0.4) is 0 Å². The van der Waals surface area contributed by atoms with E-state index in [0.717, 1.165) is 29.3 Å². The molecule has 1 aliphatic rings. The summed E-state index contributed by atoms with van der Waals surface area (Å²) in [4.78, 5) is 16.1. The van der Waals surface area contributed by atoms with E-state index in [1.165, 1.54) is 16.9 Å². The summed E-state index contributed by atoms with van der Waals surface area (Å²) in [6.07, 6.45) is 5.63. The van der Waals surface area contributed by atoms with Crippen LogP contribution >= 0.6 is 0 Å². The number of nitrogens with zero attached hydrogens (tertiary/aromatic N) is 4. The zero-order valence-electron chi connectivity index (χ0n) is 13.7. The number of ether oxygens (including phenoxy) is 1. The molecule has 0 aromatic carbocycles. The topological polar surface area (TPSA) is 60.0 Å². The first-order chi connectivity index (χ1) is 11.2. The molecule has 0 spiro atoms. The minimum absolute atomic E-state index is 0.271. The molecule has 1 saturated carbocycles. The molecule has 0 saturated heterocycles. The molecule has 0 N–H and O–H groups in total. The zero-order valence-corrected chi connectivity index (χ0v) is 13.7. The summed E-state index contributed by atoms with van der Waals surface area (Å²) >= 11 is 0. The highest BCUT2D eigenvalue weighted by Crippen LogP contribution is 2.43. The molecule has 1 amide bonds. The van der Waals surface area contributed by atoms with Crippen LogP contribution in [-0.4, -0.2) is 37.8 Å². The molecule has 1 fully saturated rings. The van der Waals surface area contributed by atoms with E-state index >= 15 is 0 Å². The maximum Gasteiger partial charge on any atom is 0.605 e. The highest BCUT2D eigenvalue weighted by atomic mass is 19.1. The Morgan fingerprint density at radius 2 is 2.21 bits per heavy atom. The zero-order chi connectivity index (χ0) is 17.5. The number of rotatable bonds is 4. The van der Waals surface area contributed by atoms with Gasteiger partial charge in [0.1, 0.15) is 31.3 Å². The average Bonchev–Trinajstić information content (AvgIpc) is 3.23. The predicted octanol–water partition coefficient (Wildman–Crippen LogP) is 3.38. The third-order valence-electron chi connectivity index (χ3n) is 3.52. The molecule has 7 heteroatoms. The molecule has 2 aromatic heterocycles. The number of halogens is 1. The summed E-state index contributed by atoms with van der Waals surface area (Å²) in [5.74, 6) is -0.185. The van der Waals surface area contributed by atoms with Crippen molar-refractivity contribution in [3.8, 4) is 5.69 Å². The first-order valence-electron chi connectivity index (χ1n) is 7.64. The van der Waals surface area contributed by atoms with Crippen LogP contribution in [0.25, 0.3) is 5.69 Å². The van der Waals surface area contributed by atoms with Gasteiger partial charge in [0.15, 0.2) is 0 Å². The van der Waals surface area contributed by atoms with Gasteiger partial charge in [0.2, 0.25) is 5.60 Å². The second kappa shape index (κ2) is 5.74. The van der Waals surface area contributed by atoms with Gasteiger partial charge in [0.25, 0.3) is 5.69 Å². The van der Waals surface area contributed by atoms with Gasteiger partial charge in [-0.3, -0.25) is 4.98 Å². The van der Waals surface area contributed by atoms with Crippen molar-refractivity contribution in [3.63, 3.8) is 0 Å². The molecular formula is C17H19FN4O2+2. The van der Waals surface area contributed by atoms with Gasteiger partial charge >= 0.3 is 6.09 Å². The summed E-state index contributed by atoms with van der Waals surface area (Å²) in [7, 11) is 0. The number of hydrogen-bond acceptors (Lipinski definition) is 4. The summed E-state index contributed by atoms with van der Waals surface area (Å²) < 4.78 is 21.3. The monoisotopic (exact) mass is 330 g/mol. The fraction of sp³-hybridized carbons (Fsp3) is 0.353. The first kappa shape index (κ1) is 16.2. The van der Waals surface area contributed by atoms with Crippen molar-refractivity contribution in [3.05, 3.63) is 43.1 Å². The van der Waals surface area contributed by atoms with Crippen LogP contribution in [0, 0.1) is 12.7 Å². The van der Waals surface area contributed by atoms with Gasteiger partial charge in [-0.05, 0) is 12.8 Å². The molecule has 24 heavy (non-hydrogen) atoms. The standard InChI is InChI=1S/C17H19FN4O2/c1-17(2,3)24-16(23)21(4)14-10-22(20-15(14)11-5-6-11)13-7-12(18)8-19-9-13/h7-11H,1,4-6H2,2-3H3/q+2. The Morgan fingerprint density at radius 1 is 1.50 bits per heavy atom. The largest absolute Gasteiger partial charge is 0.605 e. The number of hydrogen-bond donors (Lipinski definition) is 0. The van der Waals surface area contributed by atoms with Gasteiger partial charge in [0, 0.05) is 25.8 Å². The van der Waals surface area contributed by atoms with Crippen molar-refractivity contribution < 1.29 is 18.5 Å². The normalized spacial score (nSPS) is 14.5. The quantitative estimate of drug-likeness (QED) is 0.490. The van der Waals surface area contributed by atoms with Gasteiger partial charge in [0.05, 0.1) is 18.1 Å². The Bertz CT molecular complexity index is 803. The fourth-order valence-electron chi connectivity index (χ4n) is 2.28. The van der Waals surface area contributed by atoms with E-state index in [9.17, 15) is 9.18 Å². The minimum atomic E-state index is -0.866. The molecule has 2 heterocycles. The van der Waals surface area contributed by atoms with Gasteiger partial charge in [-0.1, -0.05) is 4.58 Å². The van der Waals surface area contributed by atoms with Gasteiger partial charge in [-0.25, -0.2) is 9.07 Å². The minimum Gasteiger partial charge on any atom is -0.365 e. The third kappa shape index (κ3) is 3.45. The highest BCUT2D eigenvalue weighted by molar-refractivity contribution is 5.66. The molecule has 3 rings (SSSR count). The van der Waals surface area contributed by atoms with Crippen LogP contribution in [0.5, 0.6) is 0 Å². The molecule has 0 bridgehead atoms. The van der Waals surface area contributed by atoms with E-state index < -0.39 is 17.5 Å². The lowest BCUT2D eigenvalue weighted by Crippen LogP contribution is -2.28.